The van der Waals surface area contributed by atoms with Crippen LogP contribution in [0.4, 0.5) is 5.69 Å². The van der Waals surface area contributed by atoms with E-state index in [1.54, 1.807) is 0 Å². The molecule has 6 N–H and O–H groups in total. The van der Waals surface area contributed by atoms with E-state index in [0.717, 1.165) is 11.0 Å². The van der Waals surface area contributed by atoms with Crippen LogP contribution in [0.1, 0.15) is 5.56 Å². The van der Waals surface area contributed by atoms with Crippen molar-refractivity contribution >= 4 is 46.7 Å². The Labute approximate surface area is 208 Å². The minimum Gasteiger partial charge on any atom is -0.506 e. The van der Waals surface area contributed by atoms with Crippen molar-refractivity contribution in [2.24, 2.45) is 0 Å². The summed E-state index contributed by atoms with van der Waals surface area (Å²) in [7, 11) is 0. The number of carbonyl (C=O) groups is 6. The smallest absolute Gasteiger partial charge is 0.359 e. The fourth-order valence-electron chi connectivity index (χ4n) is 3.90. The van der Waals surface area contributed by atoms with Crippen molar-refractivity contribution in [1.82, 2.24) is 4.90 Å². The first-order chi connectivity index (χ1) is 17.4. The molecule has 13 heteroatoms. The van der Waals surface area contributed by atoms with Crippen LogP contribution in [0, 0.1) is 0 Å². The zero-order valence-corrected chi connectivity index (χ0v) is 19.0. The van der Waals surface area contributed by atoms with Crippen LogP contribution < -0.4 is 4.90 Å². The average molecular weight is 513 g/mol. The number of nitrogens with zero attached hydrogens (tertiary/aromatic N) is 1. The average Bonchev–Trinajstić information content (AvgIpc) is 2.79. The van der Waals surface area contributed by atoms with E-state index in [-0.39, 0.29) is 32.9 Å². The summed E-state index contributed by atoms with van der Waals surface area (Å²) in [6.45, 7) is -2.34. The Morgan fingerprint density at radius 3 is 1.73 bits per heavy atom. The van der Waals surface area contributed by atoms with E-state index in [9.17, 15) is 33.9 Å². The molecule has 2 aliphatic rings. The predicted molar refractivity (Wildman–Crippen MR) is 123 cm³/mol. The highest BCUT2D eigenvalue weighted by Gasteiger charge is 2.38. The highest BCUT2D eigenvalue weighted by molar-refractivity contribution is 6.41. The Hall–Kier alpha value is -5.04. The van der Waals surface area contributed by atoms with Crippen LogP contribution in [-0.4, -0.2) is 92.1 Å². The number of quaternary nitrogens is 1. The SMILES string of the molecule is O=C(O)CN(CC(=O)O)C1=CC(=O)C(=C2C(=O)C(c3ccc([NH+](CC(=O)O)CC(=O)O)cc3)=C2O)C=C1. The number of rotatable bonds is 11. The van der Waals surface area contributed by atoms with Crippen molar-refractivity contribution in [2.45, 2.75) is 0 Å². The van der Waals surface area contributed by atoms with E-state index < -0.39 is 67.4 Å². The van der Waals surface area contributed by atoms with Crippen LogP contribution in [0.3, 0.4) is 0 Å². The summed E-state index contributed by atoms with van der Waals surface area (Å²) in [5.74, 6) is -6.88. The number of aliphatic carboxylic acids is 4. The number of nitrogens with one attached hydrogen (secondary N) is 1. The van der Waals surface area contributed by atoms with Crippen molar-refractivity contribution in [1.29, 1.82) is 0 Å². The molecule has 13 nitrogen and oxygen atoms in total. The Bertz CT molecular complexity index is 1300. The predicted octanol–water partition coefficient (Wildman–Crippen LogP) is -0.985. The summed E-state index contributed by atoms with van der Waals surface area (Å²) in [6.07, 6.45) is 3.44. The molecule has 0 atom stereocenters. The van der Waals surface area contributed by atoms with Gasteiger partial charge in [-0.15, -0.1) is 0 Å². The van der Waals surface area contributed by atoms with E-state index >= 15 is 0 Å². The molecule has 0 saturated carbocycles. The van der Waals surface area contributed by atoms with E-state index in [2.05, 4.69) is 0 Å². The molecular formula is C24H21N2O11+. The number of allylic oxidation sites excluding steroid dienone is 6. The number of ketones is 2. The lowest BCUT2D eigenvalue weighted by molar-refractivity contribution is -0.816. The zero-order chi connectivity index (χ0) is 27.4. The second kappa shape index (κ2) is 10.7. The fourth-order valence-corrected chi connectivity index (χ4v) is 3.90. The standard InChI is InChI=1S/C24H20N2O11/c27-16-7-14(26(10-19(32)33)11-20(34)35)5-6-15(16)22-23(36)21(24(22)37)12-1-3-13(4-2-12)25(8-17(28)29)9-18(30)31/h1-7,36H,8-11H2,(H,28,29)(H,30,31)(H,32,33)(H,34,35)/p+1. The molecule has 0 aromatic heterocycles. The number of benzene rings is 1. The van der Waals surface area contributed by atoms with E-state index in [0.29, 0.717) is 5.69 Å². The number of Topliss-reactive ketones (excluding diaryl/α,β-unsaturated/α-hetero) is 1. The van der Waals surface area contributed by atoms with E-state index in [1.165, 1.54) is 36.4 Å². The van der Waals surface area contributed by atoms with Gasteiger partial charge in [0.25, 0.3) is 0 Å². The van der Waals surface area contributed by atoms with Gasteiger partial charge in [-0.25, -0.2) is 9.59 Å². The van der Waals surface area contributed by atoms with Crippen LogP contribution in [0.25, 0.3) is 5.57 Å². The third kappa shape index (κ3) is 5.97. The maximum Gasteiger partial charge on any atom is 0.359 e. The Kier molecular flexibility index (Phi) is 7.68. The quantitative estimate of drug-likeness (QED) is 0.197. The van der Waals surface area contributed by atoms with Crippen molar-refractivity contribution < 1.29 is 59.2 Å². The maximum atomic E-state index is 12.8. The van der Waals surface area contributed by atoms with Gasteiger partial charge in [0.1, 0.15) is 24.5 Å². The van der Waals surface area contributed by atoms with E-state index in [1.807, 2.05) is 0 Å². The Morgan fingerprint density at radius 1 is 0.757 bits per heavy atom. The van der Waals surface area contributed by atoms with Crippen molar-refractivity contribution in [3.05, 3.63) is 70.7 Å². The van der Waals surface area contributed by atoms with Gasteiger partial charge in [-0.05, 0) is 42.0 Å². The van der Waals surface area contributed by atoms with Gasteiger partial charge in [-0.1, -0.05) is 0 Å². The van der Waals surface area contributed by atoms with Gasteiger partial charge in [0, 0.05) is 17.3 Å². The van der Waals surface area contributed by atoms with Crippen LogP contribution in [-0.2, 0) is 28.8 Å². The molecule has 3 rings (SSSR count). The normalized spacial score (nSPS) is 16.9. The summed E-state index contributed by atoms with van der Waals surface area (Å²) < 4.78 is 0. The molecule has 0 unspecified atom stereocenters. The lowest BCUT2D eigenvalue weighted by Crippen LogP contribution is -3.09. The Balaban J connectivity index is 1.87. The Morgan fingerprint density at radius 2 is 1.30 bits per heavy atom. The van der Waals surface area contributed by atoms with E-state index in [4.69, 9.17) is 20.4 Å². The van der Waals surface area contributed by atoms with Gasteiger partial charge in [-0.3, -0.25) is 24.1 Å². The number of carbonyl (C=O) groups excluding carboxylic acids is 2. The molecule has 1 aromatic rings. The number of aliphatic hydroxyl groups is 1. The van der Waals surface area contributed by atoms with Crippen molar-refractivity contribution in [3.8, 4) is 0 Å². The third-order valence-corrected chi connectivity index (χ3v) is 5.49. The number of aliphatic hydroxyl groups excluding tert-OH is 1. The van der Waals surface area contributed by atoms with Crippen LogP contribution >= 0.6 is 0 Å². The van der Waals surface area contributed by atoms with Gasteiger partial charge in [-0.2, -0.15) is 0 Å². The lowest BCUT2D eigenvalue weighted by Gasteiger charge is -2.26. The molecule has 192 valence electrons. The third-order valence-electron chi connectivity index (χ3n) is 5.49. The first-order valence-corrected chi connectivity index (χ1v) is 10.6. The zero-order valence-electron chi connectivity index (χ0n) is 19.0. The number of hydrogen-bond acceptors (Lipinski definition) is 8. The summed E-state index contributed by atoms with van der Waals surface area (Å²) in [5.41, 5.74) is 0.104. The van der Waals surface area contributed by atoms with Gasteiger partial charge in [0.15, 0.2) is 18.9 Å². The molecule has 0 heterocycles. The van der Waals surface area contributed by atoms with Crippen molar-refractivity contribution in [3.63, 3.8) is 0 Å². The summed E-state index contributed by atoms with van der Waals surface area (Å²) in [5, 5.41) is 46.6. The van der Waals surface area contributed by atoms with Gasteiger partial charge < -0.3 is 30.4 Å². The molecule has 0 saturated heterocycles. The second-order valence-electron chi connectivity index (χ2n) is 8.07. The second-order valence-corrected chi connectivity index (χ2v) is 8.07. The molecule has 0 radical (unpaired) electrons. The molecule has 2 aliphatic carbocycles. The van der Waals surface area contributed by atoms with Crippen LogP contribution in [0.2, 0.25) is 0 Å². The molecule has 1 aromatic carbocycles. The lowest BCUT2D eigenvalue weighted by atomic mass is 9.79. The molecule has 0 bridgehead atoms. The number of carboxylic acids is 4. The minimum atomic E-state index is -1.31. The molecular weight excluding hydrogens is 492 g/mol. The molecule has 0 amide bonds. The fraction of sp³-hybridized carbons (Fsp3) is 0.167. The van der Waals surface area contributed by atoms with Crippen LogP contribution in [0.15, 0.2) is 65.1 Å². The molecule has 37 heavy (non-hydrogen) atoms. The number of hydrogen-bond donors (Lipinski definition) is 6. The van der Waals surface area contributed by atoms with Crippen molar-refractivity contribution in [2.75, 3.05) is 26.2 Å². The van der Waals surface area contributed by atoms with Crippen LogP contribution in [0.5, 0.6) is 0 Å². The van der Waals surface area contributed by atoms with Gasteiger partial charge in [0.05, 0.1) is 11.1 Å². The molecule has 0 spiro atoms. The summed E-state index contributed by atoms with van der Waals surface area (Å²) in [6, 6.07) is 5.68. The summed E-state index contributed by atoms with van der Waals surface area (Å²) in [4.78, 5) is 70.7. The highest BCUT2D eigenvalue weighted by atomic mass is 16.4. The maximum absolute atomic E-state index is 12.8. The first kappa shape index (κ1) is 26.6. The van der Waals surface area contributed by atoms with Gasteiger partial charge in [0.2, 0.25) is 5.78 Å². The number of carboxylic acid groups (broad SMARTS) is 4. The van der Waals surface area contributed by atoms with Gasteiger partial charge >= 0.3 is 23.9 Å². The molecule has 0 fully saturated rings. The monoisotopic (exact) mass is 513 g/mol. The highest BCUT2D eigenvalue weighted by Crippen LogP contribution is 2.39. The first-order valence-electron chi connectivity index (χ1n) is 10.6. The summed E-state index contributed by atoms with van der Waals surface area (Å²) >= 11 is 0. The topological polar surface area (TPSA) is 211 Å². The molecule has 0 aliphatic heterocycles. The largest absolute Gasteiger partial charge is 0.506 e. The minimum absolute atomic E-state index is 0.0139.